The van der Waals surface area contributed by atoms with Crippen molar-refractivity contribution < 1.29 is 9.53 Å². The molecule has 1 atom stereocenters. The molecule has 0 bridgehead atoms. The average Bonchev–Trinajstić information content (AvgIpc) is 2.46. The number of aryl methyl sites for hydroxylation is 1. The number of benzene rings is 2. The topological polar surface area (TPSA) is 26.3 Å². The second-order valence-corrected chi connectivity index (χ2v) is 5.61. The van der Waals surface area contributed by atoms with Gasteiger partial charge in [0.1, 0.15) is 5.75 Å². The fraction of sp³-hybridized carbons (Fsp3) is 0.188. The molecule has 0 fully saturated rings. The van der Waals surface area contributed by atoms with Crippen LogP contribution < -0.4 is 4.74 Å². The second kappa shape index (κ2) is 5.10. The highest BCUT2D eigenvalue weighted by molar-refractivity contribution is 7.99. The van der Waals surface area contributed by atoms with E-state index in [1.807, 2.05) is 55.5 Å². The van der Waals surface area contributed by atoms with Crippen molar-refractivity contribution in [3.05, 3.63) is 59.7 Å². The molecule has 0 aromatic heterocycles. The van der Waals surface area contributed by atoms with Gasteiger partial charge in [-0.05, 0) is 24.6 Å². The molecule has 1 heterocycles. The van der Waals surface area contributed by atoms with Crippen LogP contribution in [0.5, 0.6) is 5.75 Å². The summed E-state index contributed by atoms with van der Waals surface area (Å²) in [6.07, 6.45) is -0.388. The summed E-state index contributed by atoms with van der Waals surface area (Å²) in [7, 11) is 0. The van der Waals surface area contributed by atoms with E-state index in [1.165, 1.54) is 0 Å². The Hall–Kier alpha value is -1.74. The Morgan fingerprint density at radius 1 is 1.16 bits per heavy atom. The molecule has 19 heavy (non-hydrogen) atoms. The zero-order valence-electron chi connectivity index (χ0n) is 10.6. The number of ketones is 1. The molecule has 0 saturated heterocycles. The van der Waals surface area contributed by atoms with Gasteiger partial charge < -0.3 is 4.74 Å². The van der Waals surface area contributed by atoms with Crippen LogP contribution in [0.15, 0.2) is 53.4 Å². The summed E-state index contributed by atoms with van der Waals surface area (Å²) in [5.41, 5.74) is 1.76. The number of thioether (sulfide) groups is 1. The standard InChI is InChI=1S/C16H14O2S/c1-11-6-2-3-7-12(11)16(17)14-10-19-15-9-5-4-8-13(15)18-14/h2-9,14H,10H2,1H3. The van der Waals surface area contributed by atoms with Gasteiger partial charge in [-0.1, -0.05) is 36.4 Å². The molecule has 3 heteroatoms. The van der Waals surface area contributed by atoms with E-state index in [0.29, 0.717) is 5.75 Å². The summed E-state index contributed by atoms with van der Waals surface area (Å²) in [5.74, 6) is 1.55. The maximum Gasteiger partial charge on any atom is 0.204 e. The maximum absolute atomic E-state index is 12.5. The van der Waals surface area contributed by atoms with Crippen molar-refractivity contribution in [2.24, 2.45) is 0 Å². The summed E-state index contributed by atoms with van der Waals surface area (Å²) in [4.78, 5) is 13.6. The third kappa shape index (κ3) is 2.38. The lowest BCUT2D eigenvalue weighted by atomic mass is 10.0. The van der Waals surface area contributed by atoms with Gasteiger partial charge in [-0.3, -0.25) is 4.79 Å². The Kier molecular flexibility index (Phi) is 3.30. The summed E-state index contributed by atoms with van der Waals surface area (Å²) in [6, 6.07) is 15.5. The predicted octanol–water partition coefficient (Wildman–Crippen LogP) is 3.73. The van der Waals surface area contributed by atoms with Crippen LogP contribution in [0.3, 0.4) is 0 Å². The predicted molar refractivity (Wildman–Crippen MR) is 77.1 cm³/mol. The molecule has 2 aromatic carbocycles. The van der Waals surface area contributed by atoms with Gasteiger partial charge in [-0.2, -0.15) is 0 Å². The summed E-state index contributed by atoms with van der Waals surface area (Å²) < 4.78 is 5.83. The zero-order valence-corrected chi connectivity index (χ0v) is 11.4. The number of hydrogen-bond donors (Lipinski definition) is 0. The van der Waals surface area contributed by atoms with E-state index in [0.717, 1.165) is 21.8 Å². The van der Waals surface area contributed by atoms with Gasteiger partial charge >= 0.3 is 0 Å². The highest BCUT2D eigenvalue weighted by atomic mass is 32.2. The minimum atomic E-state index is -0.388. The molecule has 2 aromatic rings. The molecular formula is C16H14O2S. The van der Waals surface area contributed by atoms with E-state index in [1.54, 1.807) is 11.8 Å². The van der Waals surface area contributed by atoms with Gasteiger partial charge in [0.05, 0.1) is 0 Å². The highest BCUT2D eigenvalue weighted by Crippen LogP contribution is 2.35. The number of hydrogen-bond acceptors (Lipinski definition) is 3. The number of Topliss-reactive ketones (excluding diaryl/α,β-unsaturated/α-hetero) is 1. The van der Waals surface area contributed by atoms with Crippen molar-refractivity contribution in [3.8, 4) is 5.75 Å². The number of carbonyl (C=O) groups is 1. The molecule has 1 aliphatic heterocycles. The molecule has 1 unspecified atom stereocenters. The first-order valence-corrected chi connectivity index (χ1v) is 7.22. The molecule has 96 valence electrons. The lowest BCUT2D eigenvalue weighted by molar-refractivity contribution is 0.0814. The smallest absolute Gasteiger partial charge is 0.204 e. The minimum absolute atomic E-state index is 0.0695. The van der Waals surface area contributed by atoms with Crippen molar-refractivity contribution in [2.75, 3.05) is 5.75 Å². The Morgan fingerprint density at radius 3 is 2.74 bits per heavy atom. The van der Waals surface area contributed by atoms with Crippen LogP contribution >= 0.6 is 11.8 Å². The summed E-state index contributed by atoms with van der Waals surface area (Å²) in [6.45, 7) is 1.96. The first-order valence-electron chi connectivity index (χ1n) is 6.24. The van der Waals surface area contributed by atoms with Gasteiger partial charge in [0.25, 0.3) is 0 Å². The van der Waals surface area contributed by atoms with Crippen LogP contribution in [0.1, 0.15) is 15.9 Å². The third-order valence-corrected chi connectivity index (χ3v) is 4.33. The lowest BCUT2D eigenvalue weighted by Crippen LogP contribution is -2.32. The molecule has 2 nitrogen and oxygen atoms in total. The van der Waals surface area contributed by atoms with Crippen molar-refractivity contribution in [3.63, 3.8) is 0 Å². The van der Waals surface area contributed by atoms with Crippen molar-refractivity contribution in [1.29, 1.82) is 0 Å². The normalized spacial score (nSPS) is 17.4. The van der Waals surface area contributed by atoms with E-state index < -0.39 is 0 Å². The quantitative estimate of drug-likeness (QED) is 0.778. The lowest BCUT2D eigenvalue weighted by Gasteiger charge is -2.24. The Labute approximate surface area is 116 Å². The number of carbonyl (C=O) groups excluding carboxylic acids is 1. The fourth-order valence-corrected chi connectivity index (χ4v) is 3.16. The maximum atomic E-state index is 12.5. The second-order valence-electron chi connectivity index (χ2n) is 4.54. The molecule has 0 aliphatic carbocycles. The van der Waals surface area contributed by atoms with Gasteiger partial charge in [0.2, 0.25) is 5.78 Å². The van der Waals surface area contributed by atoms with Crippen LogP contribution in [0, 0.1) is 6.92 Å². The zero-order chi connectivity index (χ0) is 13.2. The first-order chi connectivity index (χ1) is 9.25. The molecule has 0 amide bonds. The monoisotopic (exact) mass is 270 g/mol. The summed E-state index contributed by atoms with van der Waals surface area (Å²) in [5, 5.41) is 0. The molecular weight excluding hydrogens is 256 g/mol. The number of para-hydroxylation sites is 1. The minimum Gasteiger partial charge on any atom is -0.480 e. The SMILES string of the molecule is Cc1ccccc1C(=O)C1CSc2ccccc2O1. The van der Waals surface area contributed by atoms with Gasteiger partial charge in [0.15, 0.2) is 6.10 Å². The Morgan fingerprint density at radius 2 is 1.89 bits per heavy atom. The molecule has 1 aliphatic rings. The van der Waals surface area contributed by atoms with Crippen molar-refractivity contribution in [2.45, 2.75) is 17.9 Å². The van der Waals surface area contributed by atoms with Crippen LogP contribution in [0.25, 0.3) is 0 Å². The number of fused-ring (bicyclic) bond motifs is 1. The first kappa shape index (κ1) is 12.3. The van der Waals surface area contributed by atoms with Gasteiger partial charge in [0, 0.05) is 16.2 Å². The van der Waals surface area contributed by atoms with Gasteiger partial charge in [-0.25, -0.2) is 0 Å². The molecule has 0 saturated carbocycles. The van der Waals surface area contributed by atoms with Crippen LogP contribution in [0.4, 0.5) is 0 Å². The van der Waals surface area contributed by atoms with E-state index in [2.05, 4.69) is 0 Å². The molecule has 0 spiro atoms. The molecule has 0 N–H and O–H groups in total. The average molecular weight is 270 g/mol. The molecule has 3 rings (SSSR count). The fourth-order valence-electron chi connectivity index (χ4n) is 2.17. The van der Waals surface area contributed by atoms with Crippen molar-refractivity contribution in [1.82, 2.24) is 0 Å². The van der Waals surface area contributed by atoms with E-state index >= 15 is 0 Å². The number of rotatable bonds is 2. The molecule has 0 radical (unpaired) electrons. The van der Waals surface area contributed by atoms with Crippen LogP contribution in [-0.4, -0.2) is 17.6 Å². The van der Waals surface area contributed by atoms with Crippen LogP contribution in [0.2, 0.25) is 0 Å². The van der Waals surface area contributed by atoms with Crippen molar-refractivity contribution >= 4 is 17.5 Å². The number of ether oxygens (including phenoxy) is 1. The Balaban J connectivity index is 1.86. The van der Waals surface area contributed by atoms with Crippen LogP contribution in [-0.2, 0) is 0 Å². The van der Waals surface area contributed by atoms with Gasteiger partial charge in [-0.15, -0.1) is 11.8 Å². The highest BCUT2D eigenvalue weighted by Gasteiger charge is 2.27. The Bertz CT molecular complexity index is 622. The summed E-state index contributed by atoms with van der Waals surface area (Å²) >= 11 is 1.68. The van der Waals surface area contributed by atoms with E-state index in [4.69, 9.17) is 4.74 Å². The third-order valence-electron chi connectivity index (χ3n) is 3.21. The van der Waals surface area contributed by atoms with E-state index in [9.17, 15) is 4.79 Å². The van der Waals surface area contributed by atoms with E-state index in [-0.39, 0.29) is 11.9 Å². The largest absolute Gasteiger partial charge is 0.480 e.